The van der Waals surface area contributed by atoms with Gasteiger partial charge in [-0.25, -0.2) is 9.18 Å². The number of pyridine rings is 1. The van der Waals surface area contributed by atoms with Crippen LogP contribution in [0, 0.1) is 5.82 Å². The number of hydrogen-bond donors (Lipinski definition) is 1. The first kappa shape index (κ1) is 22.9. The highest BCUT2D eigenvalue weighted by atomic mass is 19.1. The summed E-state index contributed by atoms with van der Waals surface area (Å²) in [6.07, 6.45) is 0.952. The molecule has 0 saturated carbocycles. The lowest BCUT2D eigenvalue weighted by Gasteiger charge is -2.25. The highest BCUT2D eigenvalue weighted by Crippen LogP contribution is 2.38. The second-order valence-corrected chi connectivity index (χ2v) is 8.35. The van der Waals surface area contributed by atoms with Crippen LogP contribution in [0.1, 0.15) is 20.8 Å². The molecule has 8 heteroatoms. The third kappa shape index (κ3) is 5.08. The maximum absolute atomic E-state index is 13.3. The van der Waals surface area contributed by atoms with Gasteiger partial charge in [0.05, 0.1) is 0 Å². The lowest BCUT2D eigenvalue weighted by Crippen LogP contribution is -2.37. The fraction of sp³-hybridized carbons (Fsp3) is 0.250. The molecule has 0 aliphatic rings. The number of benzene rings is 2. The molecule has 2 N–H and O–H groups in total. The average molecular weight is 439 g/mol. The Bertz CT molecular complexity index is 1200. The molecule has 0 spiro atoms. The van der Waals surface area contributed by atoms with Gasteiger partial charge in [0, 0.05) is 37.1 Å². The minimum absolute atomic E-state index is 0.121. The summed E-state index contributed by atoms with van der Waals surface area (Å²) >= 11 is 0. The van der Waals surface area contributed by atoms with Crippen molar-refractivity contribution in [3.63, 3.8) is 0 Å². The number of amides is 1. The topological polar surface area (TPSA) is 86.8 Å². The monoisotopic (exact) mass is 439 g/mol. The molecule has 168 valence electrons. The van der Waals surface area contributed by atoms with E-state index < -0.39 is 11.7 Å². The van der Waals surface area contributed by atoms with Crippen LogP contribution < -0.4 is 20.9 Å². The maximum atomic E-state index is 13.3. The zero-order chi connectivity index (χ0) is 23.6. The second-order valence-electron chi connectivity index (χ2n) is 8.35. The van der Waals surface area contributed by atoms with E-state index in [4.69, 9.17) is 15.2 Å². The molecule has 3 rings (SSSR count). The van der Waals surface area contributed by atoms with Gasteiger partial charge in [0.1, 0.15) is 28.6 Å². The quantitative estimate of drug-likeness (QED) is 0.582. The van der Waals surface area contributed by atoms with Crippen LogP contribution in [-0.4, -0.2) is 23.3 Å². The molecule has 0 aliphatic carbocycles. The molecule has 0 aliphatic heterocycles. The van der Waals surface area contributed by atoms with Crippen LogP contribution in [0.2, 0.25) is 0 Å². The number of halogens is 1. The number of aryl methyl sites for hydroxylation is 1. The second kappa shape index (κ2) is 8.74. The van der Waals surface area contributed by atoms with E-state index in [9.17, 15) is 14.0 Å². The van der Waals surface area contributed by atoms with Gasteiger partial charge in [0.2, 0.25) is 0 Å². The number of rotatable bonds is 4. The first-order valence-electron chi connectivity index (χ1n) is 9.96. The van der Waals surface area contributed by atoms with E-state index in [-0.39, 0.29) is 17.1 Å². The van der Waals surface area contributed by atoms with Gasteiger partial charge in [-0.05, 0) is 63.2 Å². The summed E-state index contributed by atoms with van der Waals surface area (Å²) in [5, 5.41) is 0. The number of aromatic nitrogens is 1. The summed E-state index contributed by atoms with van der Waals surface area (Å²) in [4.78, 5) is 26.5. The fourth-order valence-electron chi connectivity index (χ4n) is 3.07. The third-order valence-corrected chi connectivity index (χ3v) is 4.58. The van der Waals surface area contributed by atoms with E-state index in [0.717, 1.165) is 4.90 Å². The summed E-state index contributed by atoms with van der Waals surface area (Å²) in [5.74, 6) is 0.466. The van der Waals surface area contributed by atoms with Crippen LogP contribution in [0.25, 0.3) is 11.1 Å². The Labute approximate surface area is 185 Å². The van der Waals surface area contributed by atoms with Crippen LogP contribution in [0.5, 0.6) is 11.5 Å². The Hall–Kier alpha value is -3.81. The van der Waals surface area contributed by atoms with Gasteiger partial charge < -0.3 is 19.8 Å². The maximum Gasteiger partial charge on any atom is 0.414 e. The molecular formula is C24H26FN3O4. The van der Waals surface area contributed by atoms with Crippen molar-refractivity contribution in [1.29, 1.82) is 0 Å². The van der Waals surface area contributed by atoms with E-state index in [1.54, 1.807) is 58.3 Å². The Morgan fingerprint density at radius 3 is 2.41 bits per heavy atom. The summed E-state index contributed by atoms with van der Waals surface area (Å²) < 4.78 is 25.9. The van der Waals surface area contributed by atoms with Gasteiger partial charge in [-0.15, -0.1) is 0 Å². The standard InChI is InChI=1S/C24H26FN3O4/c1-24(2,3)32-23(30)28(5)19-13-15(14-27(4)22(19)29)21-18(26)7-6-8-20(21)31-17-11-9-16(25)10-12-17/h6-14H,26H2,1-5H3. The molecule has 0 unspecified atom stereocenters. The lowest BCUT2D eigenvalue weighted by molar-refractivity contribution is 0.0589. The van der Waals surface area contributed by atoms with Gasteiger partial charge in [0.15, 0.2) is 0 Å². The SMILES string of the molecule is CN(C(=O)OC(C)(C)C)c1cc(-c2c(N)cccc2Oc2ccc(F)cc2)cn(C)c1=O. The normalized spacial score (nSPS) is 11.2. The summed E-state index contributed by atoms with van der Waals surface area (Å²) in [6, 6.07) is 12.3. The molecular weight excluding hydrogens is 413 g/mol. The van der Waals surface area contributed by atoms with Crippen LogP contribution >= 0.6 is 0 Å². The molecule has 1 amide bonds. The van der Waals surface area contributed by atoms with Gasteiger partial charge in [0.25, 0.3) is 5.56 Å². The molecule has 3 aromatic rings. The van der Waals surface area contributed by atoms with Crippen LogP contribution in [0.15, 0.2) is 59.5 Å². The Morgan fingerprint density at radius 2 is 1.78 bits per heavy atom. The number of nitrogen functional groups attached to an aromatic ring is 1. The largest absolute Gasteiger partial charge is 0.457 e. The zero-order valence-corrected chi connectivity index (χ0v) is 18.7. The minimum Gasteiger partial charge on any atom is -0.457 e. The highest BCUT2D eigenvalue weighted by molar-refractivity contribution is 5.89. The molecule has 0 bridgehead atoms. The summed E-state index contributed by atoms with van der Waals surface area (Å²) in [7, 11) is 3.05. The van der Waals surface area contributed by atoms with Crippen LogP contribution in [0.3, 0.4) is 0 Å². The van der Waals surface area contributed by atoms with E-state index in [1.807, 2.05) is 0 Å². The van der Waals surface area contributed by atoms with E-state index in [1.165, 1.54) is 35.9 Å². The molecule has 0 fully saturated rings. The third-order valence-electron chi connectivity index (χ3n) is 4.58. The molecule has 1 heterocycles. The van der Waals surface area contributed by atoms with Gasteiger partial charge in [-0.1, -0.05) is 6.07 Å². The van der Waals surface area contributed by atoms with Crippen LogP contribution in [0.4, 0.5) is 20.6 Å². The first-order valence-corrected chi connectivity index (χ1v) is 9.96. The molecule has 1 aromatic heterocycles. The van der Waals surface area contributed by atoms with Crippen molar-refractivity contribution in [2.75, 3.05) is 17.7 Å². The van der Waals surface area contributed by atoms with Crippen LogP contribution in [-0.2, 0) is 11.8 Å². The Kier molecular flexibility index (Phi) is 6.25. The van der Waals surface area contributed by atoms with E-state index >= 15 is 0 Å². The molecule has 7 nitrogen and oxygen atoms in total. The predicted octanol–water partition coefficient (Wildman–Crippen LogP) is 4.94. The number of carbonyl (C=O) groups excluding carboxylic acids is 1. The summed E-state index contributed by atoms with van der Waals surface area (Å²) in [6.45, 7) is 5.24. The number of ether oxygens (including phenoxy) is 2. The van der Waals surface area contributed by atoms with Gasteiger partial charge >= 0.3 is 6.09 Å². The van der Waals surface area contributed by atoms with E-state index in [0.29, 0.717) is 28.3 Å². The predicted molar refractivity (Wildman–Crippen MR) is 123 cm³/mol. The molecule has 0 saturated heterocycles. The van der Waals surface area contributed by atoms with Gasteiger partial charge in [-0.2, -0.15) is 0 Å². The molecule has 0 atom stereocenters. The zero-order valence-electron chi connectivity index (χ0n) is 18.7. The first-order chi connectivity index (χ1) is 15.0. The lowest BCUT2D eigenvalue weighted by atomic mass is 10.0. The molecule has 2 aromatic carbocycles. The summed E-state index contributed by atoms with van der Waals surface area (Å²) in [5.41, 5.74) is 6.79. The van der Waals surface area contributed by atoms with Gasteiger partial charge in [-0.3, -0.25) is 9.69 Å². The average Bonchev–Trinajstić information content (AvgIpc) is 2.70. The Balaban J connectivity index is 2.08. The van der Waals surface area contributed by atoms with E-state index in [2.05, 4.69) is 0 Å². The molecule has 32 heavy (non-hydrogen) atoms. The molecule has 0 radical (unpaired) electrons. The van der Waals surface area contributed by atoms with Crippen molar-refractivity contribution in [2.45, 2.75) is 26.4 Å². The number of nitrogens with zero attached hydrogens (tertiary/aromatic N) is 2. The Morgan fingerprint density at radius 1 is 1.12 bits per heavy atom. The number of carbonyl (C=O) groups is 1. The van der Waals surface area contributed by atoms with Crippen molar-refractivity contribution in [1.82, 2.24) is 4.57 Å². The van der Waals surface area contributed by atoms with Crippen molar-refractivity contribution in [3.05, 3.63) is 70.9 Å². The number of anilines is 2. The van der Waals surface area contributed by atoms with Crippen molar-refractivity contribution < 1.29 is 18.7 Å². The van der Waals surface area contributed by atoms with Crippen molar-refractivity contribution in [2.24, 2.45) is 7.05 Å². The smallest absolute Gasteiger partial charge is 0.414 e. The van der Waals surface area contributed by atoms with Crippen molar-refractivity contribution >= 4 is 17.5 Å². The number of nitrogens with two attached hydrogens (primary N) is 1. The number of hydrogen-bond acceptors (Lipinski definition) is 5. The van der Waals surface area contributed by atoms with Crippen molar-refractivity contribution in [3.8, 4) is 22.6 Å². The highest BCUT2D eigenvalue weighted by Gasteiger charge is 2.24. The minimum atomic E-state index is -0.714. The fourth-order valence-corrected chi connectivity index (χ4v) is 3.07.